The van der Waals surface area contributed by atoms with E-state index in [1.807, 2.05) is 72.8 Å². The molecule has 7 nitrogen and oxygen atoms in total. The normalized spacial score (nSPS) is 10.6. The number of carbonyl (C=O) groups excluding carboxylic acids is 1. The molecule has 2 heterocycles. The van der Waals surface area contributed by atoms with Gasteiger partial charge in [0.1, 0.15) is 22.9 Å². The number of carbonyl (C=O) groups is 1. The van der Waals surface area contributed by atoms with E-state index in [9.17, 15) is 4.79 Å². The lowest BCUT2D eigenvalue weighted by atomic mass is 10.3. The number of hydrogen-bond donors (Lipinski definition) is 2. The number of thiazole rings is 1. The second-order valence-electron chi connectivity index (χ2n) is 7.24. The number of rotatable bonds is 7. The molecule has 168 valence electrons. The van der Waals surface area contributed by atoms with Crippen LogP contribution in [0.2, 0.25) is 0 Å². The summed E-state index contributed by atoms with van der Waals surface area (Å²) in [6.07, 6.45) is 1.54. The van der Waals surface area contributed by atoms with Crippen LogP contribution in [0.3, 0.4) is 0 Å². The fourth-order valence-electron chi connectivity index (χ4n) is 3.27. The standard InChI is InChI=1S/C26H20N4O3S/c1-27-25(31)22-15-19(13-14-28-22)32-18-11-12-21-24(16-18)34-26(30-21)29-20-9-5-6-10-23(20)33-17-7-3-2-4-8-17/h2-16H,1H3,(H,27,31)(H,29,30). The first-order valence-electron chi connectivity index (χ1n) is 10.5. The van der Waals surface area contributed by atoms with E-state index < -0.39 is 0 Å². The van der Waals surface area contributed by atoms with Gasteiger partial charge in [0.15, 0.2) is 10.9 Å². The molecule has 0 atom stereocenters. The number of para-hydroxylation sites is 3. The number of amides is 1. The number of aromatic nitrogens is 2. The summed E-state index contributed by atoms with van der Waals surface area (Å²) in [4.78, 5) is 20.6. The maximum atomic E-state index is 11.8. The highest BCUT2D eigenvalue weighted by molar-refractivity contribution is 7.22. The highest BCUT2D eigenvalue weighted by Gasteiger charge is 2.11. The molecule has 0 aliphatic carbocycles. The fraction of sp³-hybridized carbons (Fsp3) is 0.0385. The molecule has 0 fully saturated rings. The molecule has 34 heavy (non-hydrogen) atoms. The minimum absolute atomic E-state index is 0.268. The van der Waals surface area contributed by atoms with Gasteiger partial charge in [-0.2, -0.15) is 0 Å². The molecule has 0 saturated carbocycles. The molecule has 5 rings (SSSR count). The monoisotopic (exact) mass is 468 g/mol. The number of benzene rings is 3. The van der Waals surface area contributed by atoms with E-state index in [2.05, 4.69) is 20.6 Å². The molecule has 1 amide bonds. The fourth-order valence-corrected chi connectivity index (χ4v) is 4.18. The van der Waals surface area contributed by atoms with E-state index in [0.717, 1.165) is 26.8 Å². The van der Waals surface area contributed by atoms with E-state index in [0.29, 0.717) is 22.9 Å². The molecule has 0 aliphatic heterocycles. The summed E-state index contributed by atoms with van der Waals surface area (Å²) in [7, 11) is 1.56. The molecular formula is C26H20N4O3S. The number of anilines is 2. The van der Waals surface area contributed by atoms with Gasteiger partial charge < -0.3 is 20.1 Å². The van der Waals surface area contributed by atoms with Crippen LogP contribution in [0, 0.1) is 0 Å². The first kappa shape index (κ1) is 21.4. The third-order valence-corrected chi connectivity index (χ3v) is 5.82. The first-order valence-corrected chi connectivity index (χ1v) is 11.3. The Morgan fingerprint density at radius 1 is 0.853 bits per heavy atom. The number of pyridine rings is 1. The van der Waals surface area contributed by atoms with Crippen LogP contribution in [-0.4, -0.2) is 22.9 Å². The minimum Gasteiger partial charge on any atom is -0.457 e. The summed E-state index contributed by atoms with van der Waals surface area (Å²) in [5.41, 5.74) is 1.96. The molecular weight excluding hydrogens is 448 g/mol. The van der Waals surface area contributed by atoms with Crippen molar-refractivity contribution in [1.82, 2.24) is 15.3 Å². The van der Waals surface area contributed by atoms with E-state index >= 15 is 0 Å². The van der Waals surface area contributed by atoms with Crippen LogP contribution in [-0.2, 0) is 0 Å². The number of hydrogen-bond acceptors (Lipinski definition) is 7. The largest absolute Gasteiger partial charge is 0.457 e. The lowest BCUT2D eigenvalue weighted by Crippen LogP contribution is -2.18. The predicted octanol–water partition coefficient (Wildman–Crippen LogP) is 6.38. The van der Waals surface area contributed by atoms with Gasteiger partial charge in [0.2, 0.25) is 0 Å². The molecule has 0 saturated heterocycles. The predicted molar refractivity (Wildman–Crippen MR) is 134 cm³/mol. The highest BCUT2D eigenvalue weighted by Crippen LogP contribution is 2.36. The van der Waals surface area contributed by atoms with Crippen molar-refractivity contribution in [3.05, 3.63) is 96.8 Å². The Balaban J connectivity index is 1.36. The van der Waals surface area contributed by atoms with Gasteiger partial charge in [0, 0.05) is 25.4 Å². The van der Waals surface area contributed by atoms with Crippen molar-refractivity contribution < 1.29 is 14.3 Å². The van der Waals surface area contributed by atoms with Crippen molar-refractivity contribution in [2.75, 3.05) is 12.4 Å². The van der Waals surface area contributed by atoms with E-state index in [1.54, 1.807) is 25.4 Å². The van der Waals surface area contributed by atoms with Crippen molar-refractivity contribution >= 4 is 38.3 Å². The molecule has 2 N–H and O–H groups in total. The molecule has 5 aromatic rings. The lowest BCUT2D eigenvalue weighted by molar-refractivity contribution is 0.0958. The van der Waals surface area contributed by atoms with Crippen molar-refractivity contribution in [3.63, 3.8) is 0 Å². The summed E-state index contributed by atoms with van der Waals surface area (Å²) >= 11 is 1.51. The van der Waals surface area contributed by atoms with E-state index in [1.165, 1.54) is 11.3 Å². The summed E-state index contributed by atoms with van der Waals surface area (Å²) in [6.45, 7) is 0. The second kappa shape index (κ2) is 9.60. The maximum absolute atomic E-state index is 11.8. The van der Waals surface area contributed by atoms with Crippen LogP contribution in [0.4, 0.5) is 10.8 Å². The van der Waals surface area contributed by atoms with Crippen molar-refractivity contribution in [1.29, 1.82) is 0 Å². The van der Waals surface area contributed by atoms with Gasteiger partial charge in [-0.3, -0.25) is 9.78 Å². The van der Waals surface area contributed by atoms with Crippen LogP contribution < -0.4 is 20.1 Å². The summed E-state index contributed by atoms with van der Waals surface area (Å²) < 4.78 is 13.0. The number of fused-ring (bicyclic) bond motifs is 1. The van der Waals surface area contributed by atoms with Gasteiger partial charge in [-0.1, -0.05) is 41.7 Å². The Hall–Kier alpha value is -4.43. The highest BCUT2D eigenvalue weighted by atomic mass is 32.1. The molecule has 0 spiro atoms. The third-order valence-electron chi connectivity index (χ3n) is 4.89. The Morgan fingerprint density at radius 2 is 1.65 bits per heavy atom. The Bertz CT molecular complexity index is 1450. The Morgan fingerprint density at radius 3 is 2.50 bits per heavy atom. The smallest absolute Gasteiger partial charge is 0.269 e. The number of nitrogens with zero attached hydrogens (tertiary/aromatic N) is 2. The van der Waals surface area contributed by atoms with Crippen molar-refractivity contribution in [2.45, 2.75) is 0 Å². The second-order valence-corrected chi connectivity index (χ2v) is 8.27. The first-order chi connectivity index (χ1) is 16.7. The van der Waals surface area contributed by atoms with Crippen molar-refractivity contribution in [3.8, 4) is 23.0 Å². The van der Waals surface area contributed by atoms with Gasteiger partial charge in [0.05, 0.1) is 15.9 Å². The average molecular weight is 469 g/mol. The van der Waals surface area contributed by atoms with Gasteiger partial charge in [-0.25, -0.2) is 4.98 Å². The topological polar surface area (TPSA) is 85.4 Å². The number of nitrogens with one attached hydrogen (secondary N) is 2. The molecule has 0 aliphatic rings. The summed E-state index contributed by atoms with van der Waals surface area (Å²) in [5.74, 6) is 2.38. The Labute approximate surface area is 200 Å². The minimum atomic E-state index is -0.268. The van der Waals surface area contributed by atoms with E-state index in [4.69, 9.17) is 9.47 Å². The van der Waals surface area contributed by atoms with Gasteiger partial charge in [-0.15, -0.1) is 0 Å². The number of ether oxygens (including phenoxy) is 2. The molecule has 0 radical (unpaired) electrons. The van der Waals surface area contributed by atoms with Gasteiger partial charge in [0.25, 0.3) is 5.91 Å². The quantitative estimate of drug-likeness (QED) is 0.288. The van der Waals surface area contributed by atoms with Crippen LogP contribution >= 0.6 is 11.3 Å². The molecule has 0 unspecified atom stereocenters. The molecule has 2 aromatic heterocycles. The SMILES string of the molecule is CNC(=O)c1cc(Oc2ccc3nc(Nc4ccccc4Oc4ccccc4)sc3c2)ccn1. The van der Waals surface area contributed by atoms with Crippen LogP contribution in [0.15, 0.2) is 91.1 Å². The maximum Gasteiger partial charge on any atom is 0.269 e. The van der Waals surface area contributed by atoms with Crippen LogP contribution in [0.25, 0.3) is 10.2 Å². The third kappa shape index (κ3) is 4.82. The lowest BCUT2D eigenvalue weighted by Gasteiger charge is -2.11. The zero-order chi connectivity index (χ0) is 23.3. The van der Waals surface area contributed by atoms with E-state index in [-0.39, 0.29) is 5.91 Å². The van der Waals surface area contributed by atoms with Crippen LogP contribution in [0.1, 0.15) is 10.5 Å². The zero-order valence-corrected chi connectivity index (χ0v) is 19.0. The average Bonchev–Trinajstić information content (AvgIpc) is 3.27. The van der Waals surface area contributed by atoms with Gasteiger partial charge >= 0.3 is 0 Å². The van der Waals surface area contributed by atoms with Crippen LogP contribution in [0.5, 0.6) is 23.0 Å². The van der Waals surface area contributed by atoms with Crippen molar-refractivity contribution in [2.24, 2.45) is 0 Å². The zero-order valence-electron chi connectivity index (χ0n) is 18.2. The summed E-state index contributed by atoms with van der Waals surface area (Å²) in [5, 5.41) is 6.66. The molecule has 0 bridgehead atoms. The molecule has 3 aromatic carbocycles. The Kier molecular flexibility index (Phi) is 6.05. The van der Waals surface area contributed by atoms with Gasteiger partial charge in [-0.05, 0) is 42.5 Å². The summed E-state index contributed by atoms with van der Waals surface area (Å²) in [6, 6.07) is 26.4. The molecule has 8 heteroatoms.